The number of rotatable bonds is 6. The van der Waals surface area contributed by atoms with E-state index in [-0.39, 0.29) is 29.9 Å². The van der Waals surface area contributed by atoms with Crippen molar-refractivity contribution in [1.29, 1.82) is 0 Å². The predicted octanol–water partition coefficient (Wildman–Crippen LogP) is 3.66. The first-order valence-electron chi connectivity index (χ1n) is 15.0. The van der Waals surface area contributed by atoms with Gasteiger partial charge in [-0.15, -0.1) is 5.10 Å². The van der Waals surface area contributed by atoms with E-state index in [0.717, 1.165) is 13.1 Å². The van der Waals surface area contributed by atoms with Crippen molar-refractivity contribution in [2.45, 2.75) is 64.9 Å². The number of carbonyl (C=O) groups excluding carboxylic acids is 2. The monoisotopic (exact) mass is 601 g/mol. The molecule has 1 saturated heterocycles. The molecule has 1 fully saturated rings. The Hall–Kier alpha value is -3.35. The smallest absolute Gasteiger partial charge is 0.410 e. The minimum atomic E-state index is -0.885. The number of ether oxygens (including phenoxy) is 3. The number of aliphatic hydroxyl groups is 1. The number of carbonyl (C=O) groups is 2. The summed E-state index contributed by atoms with van der Waals surface area (Å²) in [5.41, 5.74) is 1.95. The SMILES string of the molecule is COCCn1nnc2c(F)cc(/C=C(\C)[C@H]3OC(=O)C[C@H](O)CC[C@H](C)[C@@H](OC(=O)N4CCN(C)CC4)/C=C/[C@@H]3C)cc21. The maximum Gasteiger partial charge on any atom is 0.410 e. The highest BCUT2D eigenvalue weighted by Crippen LogP contribution is 2.27. The summed E-state index contributed by atoms with van der Waals surface area (Å²) >= 11 is 0. The summed E-state index contributed by atoms with van der Waals surface area (Å²) < 4.78 is 33.5. The average Bonchev–Trinajstić information content (AvgIpc) is 3.38. The number of aromatic nitrogens is 3. The van der Waals surface area contributed by atoms with Crippen LogP contribution in [0.4, 0.5) is 9.18 Å². The number of nitrogens with zero attached hydrogens (tertiary/aromatic N) is 5. The van der Waals surface area contributed by atoms with Crippen LogP contribution in [0.2, 0.25) is 0 Å². The van der Waals surface area contributed by atoms with E-state index in [9.17, 15) is 19.1 Å². The van der Waals surface area contributed by atoms with Crippen molar-refractivity contribution in [3.05, 3.63) is 41.2 Å². The number of amides is 1. The Morgan fingerprint density at radius 3 is 2.65 bits per heavy atom. The maximum atomic E-state index is 14.9. The minimum Gasteiger partial charge on any atom is -0.457 e. The Morgan fingerprint density at radius 2 is 1.93 bits per heavy atom. The van der Waals surface area contributed by atoms with Crippen molar-refractivity contribution in [3.8, 4) is 0 Å². The van der Waals surface area contributed by atoms with Crippen molar-refractivity contribution in [1.82, 2.24) is 24.8 Å². The lowest BCUT2D eigenvalue weighted by Crippen LogP contribution is -2.48. The number of hydrogen-bond donors (Lipinski definition) is 1. The summed E-state index contributed by atoms with van der Waals surface area (Å²) in [5, 5.41) is 18.6. The topological polar surface area (TPSA) is 119 Å². The van der Waals surface area contributed by atoms with Crippen LogP contribution in [-0.2, 0) is 25.5 Å². The molecule has 0 unspecified atom stereocenters. The summed E-state index contributed by atoms with van der Waals surface area (Å²) in [7, 11) is 3.60. The van der Waals surface area contributed by atoms with E-state index in [0.29, 0.717) is 55.7 Å². The van der Waals surface area contributed by atoms with Gasteiger partial charge in [-0.1, -0.05) is 31.2 Å². The van der Waals surface area contributed by atoms with Crippen LogP contribution in [0.1, 0.15) is 45.6 Å². The Kier molecular flexibility index (Phi) is 11.3. The van der Waals surface area contributed by atoms with Crippen molar-refractivity contribution in [3.63, 3.8) is 0 Å². The summed E-state index contributed by atoms with van der Waals surface area (Å²) in [6, 6.07) is 3.16. The van der Waals surface area contributed by atoms with Gasteiger partial charge < -0.3 is 29.1 Å². The van der Waals surface area contributed by atoms with E-state index < -0.39 is 30.1 Å². The van der Waals surface area contributed by atoms with E-state index in [2.05, 4.69) is 15.2 Å². The largest absolute Gasteiger partial charge is 0.457 e. The predicted molar refractivity (Wildman–Crippen MR) is 160 cm³/mol. The van der Waals surface area contributed by atoms with Gasteiger partial charge in [0.15, 0.2) is 5.82 Å². The fourth-order valence-electron chi connectivity index (χ4n) is 5.45. The molecule has 1 aromatic carbocycles. The molecule has 4 rings (SSSR count). The van der Waals surface area contributed by atoms with Gasteiger partial charge >= 0.3 is 12.1 Å². The van der Waals surface area contributed by atoms with E-state index in [1.807, 2.05) is 40.0 Å². The number of cyclic esters (lactones) is 1. The first-order chi connectivity index (χ1) is 20.5. The number of esters is 1. The Labute approximate surface area is 252 Å². The van der Waals surface area contributed by atoms with E-state index in [1.165, 1.54) is 6.07 Å². The molecule has 12 heteroatoms. The zero-order chi connectivity index (χ0) is 31.1. The van der Waals surface area contributed by atoms with Gasteiger partial charge in [0.25, 0.3) is 0 Å². The molecule has 1 aromatic heterocycles. The molecule has 5 atom stereocenters. The number of aliphatic hydroxyl groups excluding tert-OH is 1. The normalized spacial score (nSPS) is 27.3. The highest BCUT2D eigenvalue weighted by atomic mass is 19.1. The molecule has 0 saturated carbocycles. The van der Waals surface area contributed by atoms with Crippen LogP contribution >= 0.6 is 0 Å². The maximum absolute atomic E-state index is 14.9. The minimum absolute atomic E-state index is 0.0775. The van der Waals surface area contributed by atoms with Crippen molar-refractivity contribution >= 4 is 29.2 Å². The molecule has 43 heavy (non-hydrogen) atoms. The van der Waals surface area contributed by atoms with Crippen molar-refractivity contribution < 1.29 is 33.3 Å². The molecule has 0 radical (unpaired) electrons. The summed E-state index contributed by atoms with van der Waals surface area (Å²) in [4.78, 5) is 29.8. The zero-order valence-electron chi connectivity index (χ0n) is 25.7. The standard InChI is InChI=1S/C31H44FN5O6/c1-20-6-8-24(38)19-28(39)43-30(21(2)7-9-27(20)42-31(40)36-12-10-35(4)11-13-36)22(3)16-23-17-25(32)29-26(18-23)37(34-33-29)14-15-41-5/h7,9,16-18,20-21,24,27,30,38H,6,8,10-15,19H2,1-5H3/b9-7+,22-16+/t20-,21-,24+,27-,30-/m0/s1. The lowest BCUT2D eigenvalue weighted by molar-refractivity contribution is -0.151. The average molecular weight is 602 g/mol. The molecule has 2 aliphatic heterocycles. The molecule has 236 valence electrons. The molecular weight excluding hydrogens is 557 g/mol. The third-order valence-corrected chi connectivity index (χ3v) is 8.20. The van der Waals surface area contributed by atoms with Crippen LogP contribution in [0, 0.1) is 17.7 Å². The number of benzene rings is 1. The van der Waals surface area contributed by atoms with Gasteiger partial charge in [-0.3, -0.25) is 4.79 Å². The van der Waals surface area contributed by atoms with E-state index in [1.54, 1.807) is 28.8 Å². The van der Waals surface area contributed by atoms with E-state index in [4.69, 9.17) is 14.2 Å². The van der Waals surface area contributed by atoms with Gasteiger partial charge in [-0.05, 0) is 62.1 Å². The highest BCUT2D eigenvalue weighted by molar-refractivity contribution is 5.79. The van der Waals surface area contributed by atoms with Crippen LogP contribution in [0.5, 0.6) is 0 Å². The number of piperazine rings is 1. The van der Waals surface area contributed by atoms with Crippen LogP contribution in [0.25, 0.3) is 17.1 Å². The Bertz CT molecular complexity index is 1320. The number of halogens is 1. The second kappa shape index (κ2) is 14.9. The van der Waals surface area contributed by atoms with Gasteiger partial charge in [-0.25, -0.2) is 13.9 Å². The lowest BCUT2D eigenvalue weighted by atomic mass is 9.91. The Balaban J connectivity index is 1.59. The van der Waals surface area contributed by atoms with Gasteiger partial charge in [0.2, 0.25) is 0 Å². The van der Waals surface area contributed by atoms with Crippen LogP contribution < -0.4 is 0 Å². The molecule has 1 amide bonds. The second-order valence-electron chi connectivity index (χ2n) is 11.8. The fourth-order valence-corrected chi connectivity index (χ4v) is 5.45. The summed E-state index contributed by atoms with van der Waals surface area (Å²) in [6.07, 6.45) is 3.86. The molecule has 0 spiro atoms. The highest BCUT2D eigenvalue weighted by Gasteiger charge is 2.29. The quantitative estimate of drug-likeness (QED) is 0.391. The molecule has 1 N–H and O–H groups in total. The second-order valence-corrected chi connectivity index (χ2v) is 11.8. The number of methoxy groups -OCH3 is 1. The third kappa shape index (κ3) is 8.61. The summed E-state index contributed by atoms with van der Waals surface area (Å²) in [5.74, 6) is -1.41. The molecular formula is C31H44FN5O6. The first-order valence-corrected chi connectivity index (χ1v) is 15.0. The molecule has 2 aliphatic rings. The zero-order valence-corrected chi connectivity index (χ0v) is 25.7. The van der Waals surface area contributed by atoms with Crippen LogP contribution in [0.3, 0.4) is 0 Å². The van der Waals surface area contributed by atoms with Crippen molar-refractivity contribution in [2.24, 2.45) is 11.8 Å². The van der Waals surface area contributed by atoms with Gasteiger partial charge in [0.1, 0.15) is 17.7 Å². The van der Waals surface area contributed by atoms with Crippen LogP contribution in [-0.4, -0.2) is 107 Å². The molecule has 11 nitrogen and oxygen atoms in total. The van der Waals surface area contributed by atoms with Gasteiger partial charge in [0, 0.05) is 39.2 Å². The van der Waals surface area contributed by atoms with Crippen LogP contribution in [0.15, 0.2) is 29.9 Å². The molecule has 2 aromatic rings. The van der Waals surface area contributed by atoms with Gasteiger partial charge in [-0.2, -0.15) is 0 Å². The number of fused-ring (bicyclic) bond motifs is 1. The van der Waals surface area contributed by atoms with Gasteiger partial charge in [0.05, 0.1) is 31.2 Å². The Morgan fingerprint density at radius 1 is 1.19 bits per heavy atom. The lowest BCUT2D eigenvalue weighted by Gasteiger charge is -2.33. The molecule has 0 aliphatic carbocycles. The fraction of sp³-hybridized carbons (Fsp3) is 0.613. The molecule has 0 bridgehead atoms. The first kappa shape index (κ1) is 32.6. The van der Waals surface area contributed by atoms with E-state index >= 15 is 0 Å². The molecule has 3 heterocycles. The summed E-state index contributed by atoms with van der Waals surface area (Å²) in [6.45, 7) is 9.31. The number of likely N-dealkylation sites (N-methyl/N-ethyl adjacent to an activating group) is 1. The third-order valence-electron chi connectivity index (χ3n) is 8.20. The number of hydrogen-bond acceptors (Lipinski definition) is 9. The van der Waals surface area contributed by atoms with Crippen molar-refractivity contribution in [2.75, 3.05) is 46.9 Å².